The van der Waals surface area contributed by atoms with Crippen LogP contribution in [0.3, 0.4) is 0 Å². The molecule has 0 atom stereocenters. The second-order valence-corrected chi connectivity index (χ2v) is 5.78. The van der Waals surface area contributed by atoms with Crippen LogP contribution in [0.1, 0.15) is 0 Å². The van der Waals surface area contributed by atoms with Gasteiger partial charge in [-0.25, -0.2) is 8.42 Å². The lowest BCUT2D eigenvalue weighted by Gasteiger charge is -2.08. The molecule has 0 aliphatic heterocycles. The van der Waals surface area contributed by atoms with E-state index < -0.39 is 14.9 Å². The van der Waals surface area contributed by atoms with Gasteiger partial charge in [-0.05, 0) is 18.2 Å². The lowest BCUT2D eigenvalue weighted by Crippen LogP contribution is -2.13. The molecule has 9 heteroatoms. The lowest BCUT2D eigenvalue weighted by molar-refractivity contribution is -0.384. The molecule has 0 radical (unpaired) electrons. The number of benzene rings is 1. The van der Waals surface area contributed by atoms with Crippen molar-refractivity contribution in [3.8, 4) is 0 Å². The Morgan fingerprint density at radius 2 is 2.05 bits per heavy atom. The number of hydrogen-bond acceptors (Lipinski definition) is 5. The fraction of sp³-hybridized carbons (Fsp3) is 0. The Morgan fingerprint density at radius 3 is 2.60 bits per heavy atom. The fourth-order valence-electron chi connectivity index (χ4n) is 1.45. The van der Waals surface area contributed by atoms with Gasteiger partial charge >= 0.3 is 0 Å². The van der Waals surface area contributed by atoms with Gasteiger partial charge in [0.2, 0.25) is 0 Å². The van der Waals surface area contributed by atoms with Crippen LogP contribution in [0.2, 0.25) is 5.02 Å². The number of aromatic nitrogens is 1. The van der Waals surface area contributed by atoms with E-state index in [4.69, 9.17) is 11.6 Å². The molecule has 0 bridgehead atoms. The van der Waals surface area contributed by atoms with E-state index in [-0.39, 0.29) is 21.3 Å². The predicted molar refractivity (Wildman–Crippen MR) is 73.2 cm³/mol. The highest BCUT2D eigenvalue weighted by atomic mass is 35.5. The maximum absolute atomic E-state index is 12.1. The van der Waals surface area contributed by atoms with E-state index in [1.54, 1.807) is 6.07 Å². The Morgan fingerprint density at radius 1 is 1.30 bits per heavy atom. The average molecular weight is 314 g/mol. The van der Waals surface area contributed by atoms with E-state index >= 15 is 0 Å². The van der Waals surface area contributed by atoms with Crippen molar-refractivity contribution in [3.05, 3.63) is 57.9 Å². The molecule has 0 unspecified atom stereocenters. The second kappa shape index (κ2) is 5.43. The van der Waals surface area contributed by atoms with Crippen LogP contribution >= 0.6 is 11.6 Å². The molecule has 104 valence electrons. The van der Waals surface area contributed by atoms with Crippen LogP contribution in [0, 0.1) is 10.1 Å². The van der Waals surface area contributed by atoms with Crippen molar-refractivity contribution in [1.29, 1.82) is 0 Å². The summed E-state index contributed by atoms with van der Waals surface area (Å²) >= 11 is 5.78. The number of non-ortho nitro benzene ring substituents is 1. The highest BCUT2D eigenvalue weighted by Crippen LogP contribution is 2.27. The predicted octanol–water partition coefficient (Wildman–Crippen LogP) is 2.44. The molecule has 0 saturated carbocycles. The van der Waals surface area contributed by atoms with Gasteiger partial charge in [0.15, 0.2) is 0 Å². The van der Waals surface area contributed by atoms with Crippen LogP contribution in [-0.4, -0.2) is 18.3 Å². The zero-order chi connectivity index (χ0) is 14.8. The van der Waals surface area contributed by atoms with Crippen LogP contribution in [0.4, 0.5) is 11.4 Å². The summed E-state index contributed by atoms with van der Waals surface area (Å²) in [5, 5.41) is 10.4. The molecule has 0 amide bonds. The molecule has 1 heterocycles. The van der Waals surface area contributed by atoms with E-state index in [1.807, 2.05) is 0 Å². The SMILES string of the molecule is O=[N+]([O-])c1ccc(S(=O)(=O)Nc2cccnc2)c(Cl)c1. The quantitative estimate of drug-likeness (QED) is 0.690. The van der Waals surface area contributed by atoms with Gasteiger partial charge in [0, 0.05) is 18.3 Å². The molecule has 2 rings (SSSR count). The third-order valence-electron chi connectivity index (χ3n) is 2.33. The number of nitrogens with one attached hydrogen (secondary N) is 1. The minimum absolute atomic E-state index is 0.226. The number of hydrogen-bond donors (Lipinski definition) is 1. The number of pyridine rings is 1. The van der Waals surface area contributed by atoms with Crippen molar-refractivity contribution in [2.45, 2.75) is 4.90 Å². The van der Waals surface area contributed by atoms with Crippen molar-refractivity contribution in [2.24, 2.45) is 0 Å². The molecule has 1 N–H and O–H groups in total. The summed E-state index contributed by atoms with van der Waals surface area (Å²) in [4.78, 5) is 13.5. The summed E-state index contributed by atoms with van der Waals surface area (Å²) in [6.45, 7) is 0. The third-order valence-corrected chi connectivity index (χ3v) is 4.19. The first-order valence-corrected chi connectivity index (χ1v) is 7.13. The molecule has 0 aliphatic carbocycles. The summed E-state index contributed by atoms with van der Waals surface area (Å²) in [5.41, 5.74) is -0.0164. The first kappa shape index (κ1) is 14.2. The number of anilines is 1. The molecule has 0 spiro atoms. The van der Waals surface area contributed by atoms with Crippen molar-refractivity contribution >= 4 is 33.0 Å². The van der Waals surface area contributed by atoms with Gasteiger partial charge in [-0.1, -0.05) is 11.6 Å². The monoisotopic (exact) mass is 313 g/mol. The lowest BCUT2D eigenvalue weighted by atomic mass is 10.3. The van der Waals surface area contributed by atoms with Crippen molar-refractivity contribution < 1.29 is 13.3 Å². The topological polar surface area (TPSA) is 102 Å². The second-order valence-electron chi connectivity index (χ2n) is 3.72. The summed E-state index contributed by atoms with van der Waals surface area (Å²) in [7, 11) is -3.93. The van der Waals surface area contributed by atoms with Crippen LogP contribution in [-0.2, 0) is 10.0 Å². The molecule has 7 nitrogen and oxygen atoms in total. The number of halogens is 1. The van der Waals surface area contributed by atoms with Crippen molar-refractivity contribution in [3.63, 3.8) is 0 Å². The van der Waals surface area contributed by atoms with Gasteiger partial charge in [0.25, 0.3) is 15.7 Å². The number of nitro groups is 1. The summed E-state index contributed by atoms with van der Waals surface area (Å²) < 4.78 is 26.5. The Bertz CT molecular complexity index is 750. The van der Waals surface area contributed by atoms with Gasteiger partial charge in [-0.3, -0.25) is 19.8 Å². The van der Waals surface area contributed by atoms with E-state index in [9.17, 15) is 18.5 Å². The van der Waals surface area contributed by atoms with E-state index in [2.05, 4.69) is 9.71 Å². The van der Waals surface area contributed by atoms with Gasteiger partial charge in [-0.15, -0.1) is 0 Å². The van der Waals surface area contributed by atoms with Crippen LogP contribution < -0.4 is 4.72 Å². The summed E-state index contributed by atoms with van der Waals surface area (Å²) in [5.74, 6) is 0. The molecule has 2 aromatic rings. The first-order chi connectivity index (χ1) is 9.40. The van der Waals surface area contributed by atoms with E-state index in [0.717, 1.165) is 18.2 Å². The highest BCUT2D eigenvalue weighted by Gasteiger charge is 2.20. The van der Waals surface area contributed by atoms with Crippen LogP contribution in [0.5, 0.6) is 0 Å². The maximum Gasteiger partial charge on any atom is 0.271 e. The van der Waals surface area contributed by atoms with Gasteiger partial charge in [0.05, 0.1) is 21.8 Å². The van der Waals surface area contributed by atoms with Crippen molar-refractivity contribution in [2.75, 3.05) is 4.72 Å². The standard InChI is InChI=1S/C11H8ClN3O4S/c12-10-6-9(15(16)17)3-4-11(10)20(18,19)14-8-2-1-5-13-7-8/h1-7,14H. The highest BCUT2D eigenvalue weighted by molar-refractivity contribution is 7.92. The minimum atomic E-state index is -3.93. The Hall–Kier alpha value is -2.19. The molecule has 0 fully saturated rings. The molecular weight excluding hydrogens is 306 g/mol. The van der Waals surface area contributed by atoms with Crippen LogP contribution in [0.25, 0.3) is 0 Å². The molecule has 0 saturated heterocycles. The molecular formula is C11H8ClN3O4S. The molecule has 1 aromatic heterocycles. The van der Waals surface area contributed by atoms with Gasteiger partial charge in [0.1, 0.15) is 4.90 Å². The fourth-order valence-corrected chi connectivity index (χ4v) is 3.04. The third kappa shape index (κ3) is 3.03. The Balaban J connectivity index is 2.37. The normalized spacial score (nSPS) is 11.1. The van der Waals surface area contributed by atoms with E-state index in [0.29, 0.717) is 0 Å². The average Bonchev–Trinajstić information content (AvgIpc) is 2.38. The molecule has 0 aliphatic rings. The Labute approximate surface area is 119 Å². The number of sulfonamides is 1. The molecule has 20 heavy (non-hydrogen) atoms. The zero-order valence-electron chi connectivity index (χ0n) is 9.86. The summed E-state index contributed by atoms with van der Waals surface area (Å²) in [6, 6.07) is 6.22. The van der Waals surface area contributed by atoms with Gasteiger partial charge < -0.3 is 0 Å². The largest absolute Gasteiger partial charge is 0.278 e. The number of nitrogens with zero attached hydrogens (tertiary/aromatic N) is 2. The van der Waals surface area contributed by atoms with Gasteiger partial charge in [-0.2, -0.15) is 0 Å². The summed E-state index contributed by atoms with van der Waals surface area (Å²) in [6.07, 6.45) is 2.83. The smallest absolute Gasteiger partial charge is 0.271 e. The Kier molecular flexibility index (Phi) is 3.86. The van der Waals surface area contributed by atoms with E-state index in [1.165, 1.54) is 18.5 Å². The molecule has 1 aromatic carbocycles. The maximum atomic E-state index is 12.1. The van der Waals surface area contributed by atoms with Crippen LogP contribution in [0.15, 0.2) is 47.6 Å². The number of rotatable bonds is 4. The van der Waals surface area contributed by atoms with Crippen molar-refractivity contribution in [1.82, 2.24) is 4.98 Å². The minimum Gasteiger partial charge on any atom is -0.278 e. The number of nitro benzene ring substituents is 1. The zero-order valence-corrected chi connectivity index (χ0v) is 11.4. The first-order valence-electron chi connectivity index (χ1n) is 5.27.